The molecule has 1 aliphatic rings. The number of nitrogens with zero attached hydrogens (tertiary/aromatic N) is 2. The molecule has 0 saturated carbocycles. The molecule has 1 aliphatic heterocycles. The highest BCUT2D eigenvalue weighted by atomic mass is 35.5. The van der Waals surface area contributed by atoms with E-state index in [0.29, 0.717) is 40.9 Å². The van der Waals surface area contributed by atoms with Crippen LogP contribution in [0.25, 0.3) is 33.3 Å². The number of nitrogens with one attached hydrogen (secondary N) is 3. The number of para-hydroxylation sites is 1. The van der Waals surface area contributed by atoms with Crippen molar-refractivity contribution in [2.24, 2.45) is 0 Å². The Balaban J connectivity index is 1.20. The fraction of sp³-hybridized carbons (Fsp3) is 0.270. The highest BCUT2D eigenvalue weighted by Crippen LogP contribution is 2.39. The highest BCUT2D eigenvalue weighted by molar-refractivity contribution is 6.36. The Morgan fingerprint density at radius 1 is 1.04 bits per heavy atom. The molecule has 0 radical (unpaired) electrons. The van der Waals surface area contributed by atoms with E-state index in [-0.39, 0.29) is 18.5 Å². The van der Waals surface area contributed by atoms with Crippen molar-refractivity contribution in [3.8, 4) is 28.0 Å². The molecule has 1 saturated heterocycles. The Morgan fingerprint density at radius 3 is 2.51 bits per heavy atom. The standard InChI is InChI=1S/C37H37Cl2N5O5/c1-49-33-15-25(30(38)14-24(33)17-41-31(20-45)37(47)48)19-44-21-42-36-29(6-3-7-32(36)44)28-5-2-4-27(35(28)39)23-10-8-22(9-11-23)16-40-18-26-12-13-34(46)43-26/h2-11,14-15,21,26,31,40-41,45H,12-13,16-20H2,1H3,(H,43,46)(H,47,48)/t26?,31-/m0/s1. The number of carbonyl (C=O) groups is 2. The first-order valence-electron chi connectivity index (χ1n) is 16.0. The average molecular weight is 703 g/mol. The number of rotatable bonds is 14. The fourth-order valence-electron chi connectivity index (χ4n) is 6.15. The van der Waals surface area contributed by atoms with Gasteiger partial charge in [-0.3, -0.25) is 14.9 Å². The van der Waals surface area contributed by atoms with Gasteiger partial charge in [-0.2, -0.15) is 0 Å². The van der Waals surface area contributed by atoms with Crippen LogP contribution in [0.15, 0.2) is 79.1 Å². The number of hydrogen-bond acceptors (Lipinski definition) is 7. The van der Waals surface area contributed by atoms with Gasteiger partial charge in [0.2, 0.25) is 5.91 Å². The summed E-state index contributed by atoms with van der Waals surface area (Å²) in [5, 5.41) is 28.9. The van der Waals surface area contributed by atoms with E-state index < -0.39 is 18.6 Å². The summed E-state index contributed by atoms with van der Waals surface area (Å²) in [6, 6.07) is 23.0. The summed E-state index contributed by atoms with van der Waals surface area (Å²) in [6.45, 7) is 1.49. The normalized spacial score (nSPS) is 15.0. The minimum absolute atomic E-state index is 0.123. The maximum absolute atomic E-state index is 11.4. The number of ether oxygens (including phenoxy) is 1. The van der Waals surface area contributed by atoms with Crippen molar-refractivity contribution in [3.05, 3.63) is 106 Å². The van der Waals surface area contributed by atoms with E-state index in [4.69, 9.17) is 32.9 Å². The van der Waals surface area contributed by atoms with Gasteiger partial charge < -0.3 is 30.2 Å². The number of methoxy groups -OCH3 is 1. The largest absolute Gasteiger partial charge is 0.496 e. The van der Waals surface area contributed by atoms with Crippen LogP contribution in [-0.4, -0.2) is 64.0 Å². The molecular weight excluding hydrogens is 665 g/mol. The number of carboxylic acid groups (broad SMARTS) is 1. The van der Waals surface area contributed by atoms with E-state index in [1.807, 2.05) is 47.0 Å². The minimum atomic E-state index is -1.14. The van der Waals surface area contributed by atoms with Gasteiger partial charge in [0.15, 0.2) is 0 Å². The van der Waals surface area contributed by atoms with Crippen LogP contribution < -0.4 is 20.7 Å². The van der Waals surface area contributed by atoms with Crippen molar-refractivity contribution in [2.75, 3.05) is 20.3 Å². The third kappa shape index (κ3) is 7.74. The molecule has 4 aromatic carbocycles. The molecule has 0 bridgehead atoms. The number of benzene rings is 4. The molecule has 1 fully saturated rings. The quantitative estimate of drug-likeness (QED) is 0.100. The van der Waals surface area contributed by atoms with Crippen LogP contribution in [-0.2, 0) is 29.2 Å². The van der Waals surface area contributed by atoms with Crippen LogP contribution in [0, 0.1) is 0 Å². The molecule has 2 heterocycles. The molecule has 1 amide bonds. The number of carboxylic acids is 1. The van der Waals surface area contributed by atoms with Crippen molar-refractivity contribution in [1.82, 2.24) is 25.5 Å². The van der Waals surface area contributed by atoms with Gasteiger partial charge in [-0.15, -0.1) is 0 Å². The zero-order valence-corrected chi connectivity index (χ0v) is 28.4. The number of aliphatic hydroxyl groups excluding tert-OH is 1. The second-order valence-corrected chi connectivity index (χ2v) is 12.8. The number of aliphatic hydroxyl groups is 1. The van der Waals surface area contributed by atoms with Crippen LogP contribution >= 0.6 is 23.2 Å². The van der Waals surface area contributed by atoms with Crippen LogP contribution in [0.4, 0.5) is 0 Å². The Hall–Kier alpha value is -4.45. The Bertz CT molecular complexity index is 1980. The minimum Gasteiger partial charge on any atom is -0.496 e. The lowest BCUT2D eigenvalue weighted by atomic mass is 9.97. The first-order valence-corrected chi connectivity index (χ1v) is 16.8. The monoisotopic (exact) mass is 701 g/mol. The molecule has 49 heavy (non-hydrogen) atoms. The van der Waals surface area contributed by atoms with Gasteiger partial charge in [0.25, 0.3) is 0 Å². The second-order valence-electron chi connectivity index (χ2n) is 12.1. The number of imidazole rings is 1. The third-order valence-electron chi connectivity index (χ3n) is 8.82. The predicted molar refractivity (Wildman–Crippen MR) is 191 cm³/mol. The molecule has 0 spiro atoms. The smallest absolute Gasteiger partial charge is 0.323 e. The van der Waals surface area contributed by atoms with E-state index >= 15 is 0 Å². The van der Waals surface area contributed by atoms with Gasteiger partial charge in [0.05, 0.1) is 42.6 Å². The Morgan fingerprint density at radius 2 is 1.80 bits per heavy atom. The van der Waals surface area contributed by atoms with Crippen molar-refractivity contribution in [1.29, 1.82) is 0 Å². The SMILES string of the molecule is COc1cc(Cn2cnc3c(-c4cccc(-c5ccc(CNCC6CCC(=O)N6)cc5)c4Cl)cccc32)c(Cl)cc1CN[C@@H](CO)C(=O)O. The number of fused-ring (bicyclic) bond motifs is 1. The number of amides is 1. The predicted octanol–water partition coefficient (Wildman–Crippen LogP) is 5.64. The van der Waals surface area contributed by atoms with Gasteiger partial charge in [0, 0.05) is 59.4 Å². The number of carbonyl (C=O) groups excluding carboxylic acids is 1. The van der Waals surface area contributed by atoms with Crippen LogP contribution in [0.1, 0.15) is 29.5 Å². The van der Waals surface area contributed by atoms with E-state index in [0.717, 1.165) is 57.4 Å². The van der Waals surface area contributed by atoms with Gasteiger partial charge in [-0.05, 0) is 41.3 Å². The lowest BCUT2D eigenvalue weighted by molar-refractivity contribution is -0.140. The summed E-state index contributed by atoms with van der Waals surface area (Å²) >= 11 is 13.8. The van der Waals surface area contributed by atoms with E-state index in [2.05, 4.69) is 40.2 Å². The maximum atomic E-state index is 11.4. The topological polar surface area (TPSA) is 138 Å². The van der Waals surface area contributed by atoms with E-state index in [1.54, 1.807) is 19.5 Å². The number of aliphatic carboxylic acids is 1. The van der Waals surface area contributed by atoms with Gasteiger partial charge in [-0.25, -0.2) is 4.98 Å². The highest BCUT2D eigenvalue weighted by Gasteiger charge is 2.21. The molecule has 10 nitrogen and oxygen atoms in total. The molecule has 5 N–H and O–H groups in total. The molecular formula is C37H37Cl2N5O5. The number of halogens is 2. The van der Waals surface area contributed by atoms with Crippen LogP contribution in [0.5, 0.6) is 5.75 Å². The van der Waals surface area contributed by atoms with Crippen LogP contribution in [0.2, 0.25) is 10.0 Å². The molecule has 12 heteroatoms. The van der Waals surface area contributed by atoms with Gasteiger partial charge in [-0.1, -0.05) is 77.8 Å². The van der Waals surface area contributed by atoms with E-state index in [9.17, 15) is 19.8 Å². The summed E-state index contributed by atoms with van der Waals surface area (Å²) in [5.74, 6) is -0.473. The Kier molecular flexibility index (Phi) is 10.8. The zero-order chi connectivity index (χ0) is 34.5. The zero-order valence-electron chi connectivity index (χ0n) is 26.9. The summed E-state index contributed by atoms with van der Waals surface area (Å²) < 4.78 is 7.60. The summed E-state index contributed by atoms with van der Waals surface area (Å²) in [4.78, 5) is 27.5. The molecule has 2 atom stereocenters. The summed E-state index contributed by atoms with van der Waals surface area (Å²) in [5.41, 5.74) is 8.03. The average Bonchev–Trinajstić information content (AvgIpc) is 3.72. The lowest BCUT2D eigenvalue weighted by Gasteiger charge is -2.16. The Labute approximate surface area is 294 Å². The van der Waals surface area contributed by atoms with E-state index in [1.165, 1.54) is 0 Å². The maximum Gasteiger partial charge on any atom is 0.323 e. The molecule has 6 rings (SSSR count). The fourth-order valence-corrected chi connectivity index (χ4v) is 6.73. The first-order chi connectivity index (χ1) is 23.7. The molecule has 5 aromatic rings. The molecule has 0 aliphatic carbocycles. The van der Waals surface area contributed by atoms with Crippen molar-refractivity contribution < 1.29 is 24.5 Å². The van der Waals surface area contributed by atoms with Crippen molar-refractivity contribution in [3.63, 3.8) is 0 Å². The molecule has 254 valence electrons. The van der Waals surface area contributed by atoms with Gasteiger partial charge >= 0.3 is 5.97 Å². The second kappa shape index (κ2) is 15.4. The van der Waals surface area contributed by atoms with Crippen molar-refractivity contribution >= 4 is 46.1 Å². The summed E-state index contributed by atoms with van der Waals surface area (Å²) in [7, 11) is 1.54. The van der Waals surface area contributed by atoms with Crippen molar-refractivity contribution in [2.45, 2.75) is 44.6 Å². The summed E-state index contributed by atoms with van der Waals surface area (Å²) in [6.07, 6.45) is 3.24. The molecule has 1 aromatic heterocycles. The number of aromatic nitrogens is 2. The first kappa shape index (κ1) is 34.4. The van der Waals surface area contributed by atoms with Crippen LogP contribution in [0.3, 0.4) is 0 Å². The number of hydrogen-bond donors (Lipinski definition) is 5. The van der Waals surface area contributed by atoms with Gasteiger partial charge in [0.1, 0.15) is 11.8 Å². The lowest BCUT2D eigenvalue weighted by Crippen LogP contribution is -2.39. The third-order valence-corrected chi connectivity index (χ3v) is 9.58. The molecule has 1 unspecified atom stereocenters.